The summed E-state index contributed by atoms with van der Waals surface area (Å²) in [5.41, 5.74) is 1.88. The summed E-state index contributed by atoms with van der Waals surface area (Å²) in [6, 6.07) is 17.8. The highest BCUT2D eigenvalue weighted by molar-refractivity contribution is 5.94. The predicted molar refractivity (Wildman–Crippen MR) is 259 cm³/mol. The Morgan fingerprint density at radius 2 is 1.05 bits per heavy atom. The Bertz CT molecular complexity index is 3870. The summed E-state index contributed by atoms with van der Waals surface area (Å²) in [4.78, 5) is 51.5. The molecular weight excluding hydrogens is 1130 g/mol. The highest BCUT2D eigenvalue weighted by Gasteiger charge is 2.39. The third-order valence-corrected chi connectivity index (χ3v) is 11.8. The lowest BCUT2D eigenvalue weighted by molar-refractivity contribution is -0.145. The quantitative estimate of drug-likeness (QED) is 0.0783. The third-order valence-electron chi connectivity index (χ3n) is 11.8. The second-order valence-corrected chi connectivity index (χ2v) is 17.6. The van der Waals surface area contributed by atoms with Crippen LogP contribution in [0.15, 0.2) is 109 Å². The number of ketones is 1. The number of benzene rings is 5. The molecule has 4 heterocycles. The summed E-state index contributed by atoms with van der Waals surface area (Å²) in [6.45, 7) is -0.143. The second-order valence-electron chi connectivity index (χ2n) is 17.6. The molecule has 1 atom stereocenters. The van der Waals surface area contributed by atoms with E-state index >= 15 is 0 Å². The first kappa shape index (κ1) is 60.3. The molecule has 0 spiro atoms. The molecule has 0 unspecified atom stereocenters. The lowest BCUT2D eigenvalue weighted by Crippen LogP contribution is -2.18. The van der Waals surface area contributed by atoms with Crippen molar-refractivity contribution in [1.82, 2.24) is 34.3 Å². The molecule has 0 aliphatic rings. The number of amides is 1. The van der Waals surface area contributed by atoms with E-state index in [0.717, 1.165) is 70.0 Å². The Morgan fingerprint density at radius 1 is 0.585 bits per heavy atom. The van der Waals surface area contributed by atoms with Crippen LogP contribution in [-0.4, -0.2) is 69.7 Å². The Labute approximate surface area is 450 Å². The van der Waals surface area contributed by atoms with E-state index in [1.165, 1.54) is 18.3 Å². The molecular formula is C53H37F15N8O6. The number of fused-ring (bicyclic) bond motifs is 3. The Balaban J connectivity index is 0.000000209. The van der Waals surface area contributed by atoms with Crippen molar-refractivity contribution >= 4 is 56.3 Å². The number of nitrogens with zero attached hydrogens (tertiary/aromatic N) is 7. The summed E-state index contributed by atoms with van der Waals surface area (Å²) < 4.78 is 207. The maximum absolute atomic E-state index is 14.2. The molecule has 0 saturated carbocycles. The van der Waals surface area contributed by atoms with E-state index in [0.29, 0.717) is 34.0 Å². The number of hydrogen-bond donors (Lipinski definition) is 2. The van der Waals surface area contributed by atoms with E-state index in [1.807, 2.05) is 0 Å². The first-order valence-electron chi connectivity index (χ1n) is 23.5. The van der Waals surface area contributed by atoms with Crippen LogP contribution in [0.5, 0.6) is 0 Å². The number of alkyl halides is 9. The zero-order valence-corrected chi connectivity index (χ0v) is 41.6. The molecule has 14 nitrogen and oxygen atoms in total. The molecule has 82 heavy (non-hydrogen) atoms. The van der Waals surface area contributed by atoms with E-state index < -0.39 is 136 Å². The number of Topliss-reactive ketones (excluding diaryl/α,β-unsaturated/α-hetero) is 1. The van der Waals surface area contributed by atoms with Gasteiger partial charge in [-0.3, -0.25) is 38.2 Å². The van der Waals surface area contributed by atoms with Crippen LogP contribution < -0.4 is 5.73 Å². The number of aliphatic carboxylic acids is 1. The fourth-order valence-corrected chi connectivity index (χ4v) is 8.56. The first-order chi connectivity index (χ1) is 38.4. The number of nitrogens with two attached hydrogens (primary N) is 1. The van der Waals surface area contributed by atoms with Crippen LogP contribution in [0.3, 0.4) is 0 Å². The van der Waals surface area contributed by atoms with Crippen LogP contribution in [0.25, 0.3) is 43.8 Å². The van der Waals surface area contributed by atoms with Gasteiger partial charge in [0.1, 0.15) is 54.5 Å². The van der Waals surface area contributed by atoms with E-state index in [4.69, 9.17) is 10.8 Å². The lowest BCUT2D eigenvalue weighted by atomic mass is 9.86. The number of rotatable bonds is 14. The van der Waals surface area contributed by atoms with Crippen LogP contribution in [0, 0.1) is 34.9 Å². The lowest BCUT2D eigenvalue weighted by Gasteiger charge is -2.20. The molecule has 0 fully saturated rings. The zero-order chi connectivity index (χ0) is 60.2. The van der Waals surface area contributed by atoms with Gasteiger partial charge >= 0.3 is 30.5 Å². The Morgan fingerprint density at radius 3 is 1.49 bits per heavy atom. The van der Waals surface area contributed by atoms with Gasteiger partial charge < -0.3 is 15.6 Å². The number of carboxylic acids is 1. The molecule has 1 amide bonds. The summed E-state index contributed by atoms with van der Waals surface area (Å²) >= 11 is 0. The van der Waals surface area contributed by atoms with Gasteiger partial charge in [-0.2, -0.15) is 54.8 Å². The predicted octanol–water partition coefficient (Wildman–Crippen LogP) is 11.8. The van der Waals surface area contributed by atoms with Crippen molar-refractivity contribution in [2.45, 2.75) is 63.8 Å². The number of primary amides is 1. The zero-order valence-electron chi connectivity index (χ0n) is 41.6. The average molecular weight is 1170 g/mol. The van der Waals surface area contributed by atoms with Crippen LogP contribution in [0.1, 0.15) is 58.0 Å². The fraction of sp³-hybridized carbons (Fsp3) is 0.208. The smallest absolute Gasteiger partial charge is 0.435 e. The van der Waals surface area contributed by atoms with Gasteiger partial charge in [0.2, 0.25) is 0 Å². The molecule has 430 valence electrons. The molecule has 9 rings (SSSR count). The Kier molecular flexibility index (Phi) is 17.8. The summed E-state index contributed by atoms with van der Waals surface area (Å²) in [7, 11) is 0. The number of hydrogen-bond acceptors (Lipinski definition) is 9. The molecule has 29 heteroatoms. The van der Waals surface area contributed by atoms with Crippen molar-refractivity contribution < 1.29 is 94.9 Å². The van der Waals surface area contributed by atoms with Gasteiger partial charge in [0.05, 0.1) is 34.4 Å². The van der Waals surface area contributed by atoms with Crippen molar-refractivity contribution in [3.05, 3.63) is 178 Å². The largest absolute Gasteiger partial charge is 0.480 e. The first-order valence-corrected chi connectivity index (χ1v) is 23.5. The summed E-state index contributed by atoms with van der Waals surface area (Å²) in [6.07, 6.45) is -13.5. The number of pyridine rings is 1. The minimum atomic E-state index is -4.92. The summed E-state index contributed by atoms with van der Waals surface area (Å²) in [5, 5.41) is 17.3. The number of carbonyl (C=O) groups excluding carboxylic acids is 3. The van der Waals surface area contributed by atoms with E-state index in [9.17, 15) is 85.0 Å². The van der Waals surface area contributed by atoms with Gasteiger partial charge in [0.25, 0.3) is 5.91 Å². The van der Waals surface area contributed by atoms with Crippen LogP contribution >= 0.6 is 0 Å². The van der Waals surface area contributed by atoms with Gasteiger partial charge in [-0.15, -0.1) is 0 Å². The minimum Gasteiger partial charge on any atom is -0.480 e. The maximum atomic E-state index is 14.2. The molecule has 0 bridgehead atoms. The van der Waals surface area contributed by atoms with Gasteiger partial charge in [0, 0.05) is 46.3 Å². The molecule has 4 aromatic heterocycles. The van der Waals surface area contributed by atoms with E-state index in [2.05, 4.69) is 25.0 Å². The monoisotopic (exact) mass is 1170 g/mol. The standard InChI is InChI=1S/C31H21F7N4O2.C12H10F4N2O2.C10H6F4N2O2/c32-19-4-6-27-25(14-19)29(31(36,37)38)41-42(27)15-22(43)11-18(8-16-9-20(33)13-21(34)10-16)28-23(2-1-7-40-28)17-3-5-26(35)24(12-17)30(39)44;1-2-20-10(19)6-18-9-4-3-7(13)5-8(9)11(17-18)12(14,15)16;11-5-1-2-7-6(3-5)9(10(12,13)14)15-16(7)4-8(17)18/h1-7,9-10,12-14,18H,8,11,15H2,(H2,39,44);3-5H,2,6H2,1H3;1-3H,4H2,(H,17,18)/t18-;;/m1../s1. The number of halogens is 15. The van der Waals surface area contributed by atoms with Gasteiger partial charge in [0.15, 0.2) is 22.9 Å². The van der Waals surface area contributed by atoms with Gasteiger partial charge in [-0.1, -0.05) is 12.1 Å². The number of ether oxygens (including phenoxy) is 1. The molecule has 3 N–H and O–H groups in total. The molecule has 5 aromatic carbocycles. The molecule has 0 radical (unpaired) electrons. The van der Waals surface area contributed by atoms with Crippen LogP contribution in [0.2, 0.25) is 0 Å². The van der Waals surface area contributed by atoms with Crippen molar-refractivity contribution in [1.29, 1.82) is 0 Å². The molecule has 9 aromatic rings. The van der Waals surface area contributed by atoms with Crippen molar-refractivity contribution in [3.8, 4) is 11.1 Å². The molecule has 0 aliphatic heterocycles. The third kappa shape index (κ3) is 14.3. The van der Waals surface area contributed by atoms with Gasteiger partial charge in [-0.25, -0.2) is 26.3 Å². The average Bonchev–Trinajstić information content (AvgIpc) is 4.28. The van der Waals surface area contributed by atoms with Crippen molar-refractivity contribution in [3.63, 3.8) is 0 Å². The number of esters is 1. The highest BCUT2D eigenvalue weighted by atomic mass is 19.4. The normalized spacial score (nSPS) is 12.2. The number of carbonyl (C=O) groups is 4. The summed E-state index contributed by atoms with van der Waals surface area (Å²) in [5.74, 6) is -9.77. The SMILES string of the molecule is CCOC(=O)Cn1nc(C(F)(F)F)c2cc(F)ccc21.NC(=O)c1cc(-c2cccnc2[C@@H](CC(=O)Cn2nc(C(F)(F)F)c3cc(F)ccc32)Cc2cc(F)cc(F)c2)ccc1F.O=C(O)Cn1nc(C(F)(F)F)c2cc(F)ccc21. The number of aromatic nitrogens is 7. The minimum absolute atomic E-state index is 0.0202. The van der Waals surface area contributed by atoms with Crippen LogP contribution in [0.4, 0.5) is 65.9 Å². The second kappa shape index (κ2) is 24.2. The molecule has 0 aliphatic carbocycles. The van der Waals surface area contributed by atoms with Gasteiger partial charge in [-0.05, 0) is 109 Å². The van der Waals surface area contributed by atoms with Crippen LogP contribution in [-0.2, 0) is 63.7 Å². The molecule has 0 saturated heterocycles. The van der Waals surface area contributed by atoms with Crippen molar-refractivity contribution in [2.75, 3.05) is 6.61 Å². The van der Waals surface area contributed by atoms with Crippen molar-refractivity contribution in [2.24, 2.45) is 5.73 Å². The topological polar surface area (TPSA) is 190 Å². The fourth-order valence-electron chi connectivity index (χ4n) is 8.56. The highest BCUT2D eigenvalue weighted by Crippen LogP contribution is 2.38. The maximum Gasteiger partial charge on any atom is 0.435 e. The van der Waals surface area contributed by atoms with E-state index in [1.54, 1.807) is 19.1 Å². The Hall–Kier alpha value is -9.31. The van der Waals surface area contributed by atoms with E-state index in [-0.39, 0.29) is 52.6 Å². The number of carboxylic acid groups (broad SMARTS) is 1.